The number of hydrogen-bond acceptors (Lipinski definition) is 2. The average Bonchev–Trinajstić information content (AvgIpc) is 2.48. The van der Waals surface area contributed by atoms with Crippen molar-refractivity contribution in [3.63, 3.8) is 0 Å². The van der Waals surface area contributed by atoms with Crippen molar-refractivity contribution >= 4 is 28.9 Å². The van der Waals surface area contributed by atoms with Crippen LogP contribution in [0, 0.1) is 0 Å². The van der Waals surface area contributed by atoms with Crippen LogP contribution in [0.15, 0.2) is 42.5 Å². The average molecular weight is 324 g/mol. The van der Waals surface area contributed by atoms with E-state index in [2.05, 4.69) is 24.4 Å². The van der Waals surface area contributed by atoms with Gasteiger partial charge in [0.15, 0.2) is 0 Å². The highest BCUT2D eigenvalue weighted by atomic mass is 35.5. The second-order valence-electron chi connectivity index (χ2n) is 4.82. The lowest BCUT2D eigenvalue weighted by Crippen LogP contribution is -2.00. The van der Waals surface area contributed by atoms with Gasteiger partial charge in [-0.15, -0.1) is 0 Å². The monoisotopic (exact) mass is 323 g/mol. The quantitative estimate of drug-likeness (QED) is 0.651. The highest BCUT2D eigenvalue weighted by Gasteiger charge is 2.01. The first kappa shape index (κ1) is 16.0. The molecule has 1 N–H and O–H groups in total. The van der Waals surface area contributed by atoms with Crippen LogP contribution in [0.25, 0.3) is 0 Å². The van der Waals surface area contributed by atoms with E-state index in [4.69, 9.17) is 27.9 Å². The molecule has 0 aliphatic rings. The number of hydrogen-bond donors (Lipinski definition) is 1. The van der Waals surface area contributed by atoms with Gasteiger partial charge in [0.25, 0.3) is 0 Å². The fourth-order valence-electron chi connectivity index (χ4n) is 1.87. The van der Waals surface area contributed by atoms with Gasteiger partial charge < -0.3 is 10.1 Å². The van der Waals surface area contributed by atoms with Gasteiger partial charge >= 0.3 is 0 Å². The zero-order valence-corrected chi connectivity index (χ0v) is 13.5. The summed E-state index contributed by atoms with van der Waals surface area (Å²) in [6.45, 7) is 3.63. The number of halogens is 2. The molecule has 0 heterocycles. The molecule has 0 aromatic heterocycles. The Balaban J connectivity index is 1.88. The van der Waals surface area contributed by atoms with Crippen molar-refractivity contribution in [3.05, 3.63) is 58.1 Å². The Morgan fingerprint density at radius 3 is 2.48 bits per heavy atom. The summed E-state index contributed by atoms with van der Waals surface area (Å²) in [4.78, 5) is 0. The van der Waals surface area contributed by atoms with E-state index >= 15 is 0 Å². The molecule has 0 bridgehead atoms. The van der Waals surface area contributed by atoms with E-state index in [1.54, 1.807) is 6.07 Å². The maximum atomic E-state index is 6.12. The summed E-state index contributed by atoms with van der Waals surface area (Å²) >= 11 is 12.0. The van der Waals surface area contributed by atoms with E-state index in [0.717, 1.165) is 30.9 Å². The van der Waals surface area contributed by atoms with Crippen molar-refractivity contribution in [3.8, 4) is 5.75 Å². The Morgan fingerprint density at radius 1 is 1.05 bits per heavy atom. The third-order valence-corrected chi connectivity index (χ3v) is 3.65. The van der Waals surface area contributed by atoms with Crippen molar-refractivity contribution in [2.24, 2.45) is 0 Å². The first-order chi connectivity index (χ1) is 10.2. The Bertz CT molecular complexity index is 570. The molecular weight excluding hydrogens is 305 g/mol. The third kappa shape index (κ3) is 5.14. The van der Waals surface area contributed by atoms with E-state index in [-0.39, 0.29) is 0 Å². The van der Waals surface area contributed by atoms with Crippen LogP contribution in [0.4, 0.5) is 5.69 Å². The summed E-state index contributed by atoms with van der Waals surface area (Å²) in [5.74, 6) is 0.914. The molecule has 2 rings (SSSR count). The van der Waals surface area contributed by atoms with E-state index < -0.39 is 0 Å². The minimum absolute atomic E-state index is 0.627. The summed E-state index contributed by atoms with van der Waals surface area (Å²) < 4.78 is 5.64. The standard InChI is InChI=1S/C17H19Cl2NO/c1-2-3-10-21-15-7-4-13(5-8-15)12-20-17-9-6-14(18)11-16(17)19/h4-9,11,20H,2-3,10,12H2,1H3. The van der Waals surface area contributed by atoms with E-state index in [0.29, 0.717) is 16.6 Å². The van der Waals surface area contributed by atoms with Gasteiger partial charge in [-0.1, -0.05) is 48.7 Å². The molecule has 21 heavy (non-hydrogen) atoms. The Hall–Kier alpha value is -1.38. The normalized spacial score (nSPS) is 10.4. The lowest BCUT2D eigenvalue weighted by atomic mass is 10.2. The minimum Gasteiger partial charge on any atom is -0.494 e. The van der Waals surface area contributed by atoms with Crippen molar-refractivity contribution in [1.82, 2.24) is 0 Å². The molecule has 4 heteroatoms. The van der Waals surface area contributed by atoms with Crippen LogP contribution in [-0.2, 0) is 6.54 Å². The molecule has 0 amide bonds. The minimum atomic E-state index is 0.627. The first-order valence-corrected chi connectivity index (χ1v) is 7.85. The van der Waals surface area contributed by atoms with Crippen LogP contribution in [0.1, 0.15) is 25.3 Å². The molecule has 0 aliphatic heterocycles. The lowest BCUT2D eigenvalue weighted by molar-refractivity contribution is 0.309. The van der Waals surface area contributed by atoms with Crippen molar-refractivity contribution in [2.45, 2.75) is 26.3 Å². The molecule has 112 valence electrons. The smallest absolute Gasteiger partial charge is 0.119 e. The zero-order chi connectivity index (χ0) is 15.1. The summed E-state index contributed by atoms with van der Waals surface area (Å²) in [5, 5.41) is 4.56. The molecule has 2 aromatic carbocycles. The van der Waals surface area contributed by atoms with Gasteiger partial charge in [-0.05, 0) is 42.3 Å². The van der Waals surface area contributed by atoms with Gasteiger partial charge in [-0.2, -0.15) is 0 Å². The highest BCUT2D eigenvalue weighted by molar-refractivity contribution is 6.36. The summed E-state index contributed by atoms with van der Waals surface area (Å²) in [7, 11) is 0. The van der Waals surface area contributed by atoms with Gasteiger partial charge in [-0.25, -0.2) is 0 Å². The summed E-state index contributed by atoms with van der Waals surface area (Å²) in [6, 6.07) is 13.5. The van der Waals surface area contributed by atoms with Crippen molar-refractivity contribution in [1.29, 1.82) is 0 Å². The highest BCUT2D eigenvalue weighted by Crippen LogP contribution is 2.26. The maximum Gasteiger partial charge on any atom is 0.119 e. The zero-order valence-electron chi connectivity index (χ0n) is 12.0. The molecule has 0 atom stereocenters. The van der Waals surface area contributed by atoms with Crippen LogP contribution >= 0.6 is 23.2 Å². The van der Waals surface area contributed by atoms with Crippen LogP contribution in [0.3, 0.4) is 0 Å². The van der Waals surface area contributed by atoms with Gasteiger partial charge in [0.2, 0.25) is 0 Å². The van der Waals surface area contributed by atoms with Gasteiger partial charge in [0, 0.05) is 11.6 Å². The second-order valence-corrected chi connectivity index (χ2v) is 5.67. The van der Waals surface area contributed by atoms with Crippen LogP contribution in [0.5, 0.6) is 5.75 Å². The third-order valence-electron chi connectivity index (χ3n) is 3.10. The van der Waals surface area contributed by atoms with Crippen LogP contribution in [-0.4, -0.2) is 6.61 Å². The van der Waals surface area contributed by atoms with Crippen molar-refractivity contribution in [2.75, 3.05) is 11.9 Å². The molecule has 0 radical (unpaired) electrons. The number of unbranched alkanes of at least 4 members (excludes halogenated alkanes) is 1. The largest absolute Gasteiger partial charge is 0.494 e. The van der Waals surface area contributed by atoms with Crippen LogP contribution in [0.2, 0.25) is 10.0 Å². The number of rotatable bonds is 7. The molecule has 2 aromatic rings. The molecule has 0 aliphatic carbocycles. The lowest BCUT2D eigenvalue weighted by Gasteiger charge is -2.10. The second kappa shape index (κ2) is 8.16. The Morgan fingerprint density at radius 2 is 1.81 bits per heavy atom. The molecule has 0 saturated heterocycles. The molecule has 0 spiro atoms. The first-order valence-electron chi connectivity index (χ1n) is 7.09. The predicted molar refractivity (Wildman–Crippen MR) is 90.6 cm³/mol. The van der Waals surface area contributed by atoms with Crippen LogP contribution < -0.4 is 10.1 Å². The van der Waals surface area contributed by atoms with E-state index in [1.807, 2.05) is 24.3 Å². The van der Waals surface area contributed by atoms with Gasteiger partial charge in [0.05, 0.1) is 17.3 Å². The van der Waals surface area contributed by atoms with Gasteiger partial charge in [-0.3, -0.25) is 0 Å². The van der Waals surface area contributed by atoms with Crippen molar-refractivity contribution < 1.29 is 4.74 Å². The summed E-state index contributed by atoms with van der Waals surface area (Å²) in [6.07, 6.45) is 2.22. The number of anilines is 1. The molecule has 0 saturated carbocycles. The topological polar surface area (TPSA) is 21.3 Å². The van der Waals surface area contributed by atoms with E-state index in [9.17, 15) is 0 Å². The number of ether oxygens (including phenoxy) is 1. The molecule has 2 nitrogen and oxygen atoms in total. The predicted octanol–water partition coefficient (Wildman–Crippen LogP) is 5.78. The number of benzene rings is 2. The SMILES string of the molecule is CCCCOc1ccc(CNc2ccc(Cl)cc2Cl)cc1. The number of nitrogens with one attached hydrogen (secondary N) is 1. The van der Waals surface area contributed by atoms with E-state index in [1.165, 1.54) is 5.56 Å². The molecule has 0 fully saturated rings. The fourth-order valence-corrected chi connectivity index (χ4v) is 2.34. The summed E-state index contributed by atoms with van der Waals surface area (Å²) in [5.41, 5.74) is 2.05. The Labute approximate surface area is 136 Å². The molecular formula is C17H19Cl2NO. The fraction of sp³-hybridized carbons (Fsp3) is 0.294. The van der Waals surface area contributed by atoms with Gasteiger partial charge in [0.1, 0.15) is 5.75 Å². The Kier molecular flexibility index (Phi) is 6.21. The maximum absolute atomic E-state index is 6.12. The molecule has 0 unspecified atom stereocenters.